The smallest absolute Gasteiger partial charge is 0.226 e. The molecule has 5 nitrogen and oxygen atoms in total. The molecule has 0 bridgehead atoms. The van der Waals surface area contributed by atoms with Crippen molar-refractivity contribution >= 4 is 10.9 Å². The van der Waals surface area contributed by atoms with Gasteiger partial charge >= 0.3 is 0 Å². The number of aromatic nitrogens is 2. The molecule has 108 valence electrons. The van der Waals surface area contributed by atoms with Crippen LogP contribution in [0.25, 0.3) is 10.9 Å². The van der Waals surface area contributed by atoms with E-state index in [0.29, 0.717) is 11.4 Å². The summed E-state index contributed by atoms with van der Waals surface area (Å²) in [6.07, 6.45) is 6.98. The van der Waals surface area contributed by atoms with Gasteiger partial charge in [0.25, 0.3) is 0 Å². The molecular formula is C16H18N4O. The standard InChI is InChI=1S/C16H18N4O/c1-18-16(7-3-2-4-8-16)21-15-13-9-12(10-17)5-6-14(13)19-11-20-15/h5-6,9,11,18H,2-4,7-8H2,1H3. The second-order valence-electron chi connectivity index (χ2n) is 5.43. The monoisotopic (exact) mass is 282 g/mol. The maximum absolute atomic E-state index is 9.06. The zero-order valence-corrected chi connectivity index (χ0v) is 12.1. The van der Waals surface area contributed by atoms with E-state index in [-0.39, 0.29) is 5.72 Å². The number of ether oxygens (including phenoxy) is 1. The van der Waals surface area contributed by atoms with E-state index in [2.05, 4.69) is 21.4 Å². The number of rotatable bonds is 3. The van der Waals surface area contributed by atoms with Crippen molar-refractivity contribution < 1.29 is 4.74 Å². The predicted molar refractivity (Wildman–Crippen MR) is 79.8 cm³/mol. The van der Waals surface area contributed by atoms with Crippen LogP contribution in [-0.2, 0) is 0 Å². The summed E-state index contributed by atoms with van der Waals surface area (Å²) in [4.78, 5) is 8.52. The van der Waals surface area contributed by atoms with Gasteiger partial charge in [0.05, 0.1) is 22.5 Å². The van der Waals surface area contributed by atoms with Crippen LogP contribution in [0, 0.1) is 11.3 Å². The van der Waals surface area contributed by atoms with Gasteiger partial charge in [-0.15, -0.1) is 0 Å². The van der Waals surface area contributed by atoms with Gasteiger partial charge in [-0.2, -0.15) is 5.26 Å². The molecule has 1 aliphatic carbocycles. The average Bonchev–Trinajstić information content (AvgIpc) is 2.55. The average molecular weight is 282 g/mol. The fourth-order valence-corrected chi connectivity index (χ4v) is 2.89. The van der Waals surface area contributed by atoms with Crippen molar-refractivity contribution in [3.8, 4) is 11.9 Å². The molecule has 0 atom stereocenters. The number of hydrogen-bond acceptors (Lipinski definition) is 5. The quantitative estimate of drug-likeness (QED) is 0.876. The third-order valence-corrected chi connectivity index (χ3v) is 4.14. The van der Waals surface area contributed by atoms with Crippen molar-refractivity contribution in [2.45, 2.75) is 37.8 Å². The lowest BCUT2D eigenvalue weighted by atomic mass is 9.91. The Bertz CT molecular complexity index is 686. The van der Waals surface area contributed by atoms with Crippen LogP contribution in [0.1, 0.15) is 37.7 Å². The molecule has 1 aromatic heterocycles. The van der Waals surface area contributed by atoms with Crippen molar-refractivity contribution in [3.63, 3.8) is 0 Å². The van der Waals surface area contributed by atoms with E-state index >= 15 is 0 Å². The number of hydrogen-bond donors (Lipinski definition) is 1. The van der Waals surface area contributed by atoms with Crippen LogP contribution in [0.3, 0.4) is 0 Å². The molecule has 1 aromatic carbocycles. The fraction of sp³-hybridized carbons (Fsp3) is 0.438. The van der Waals surface area contributed by atoms with Gasteiger partial charge in [0, 0.05) is 12.8 Å². The van der Waals surface area contributed by atoms with E-state index < -0.39 is 0 Å². The second-order valence-corrected chi connectivity index (χ2v) is 5.43. The van der Waals surface area contributed by atoms with E-state index in [0.717, 1.165) is 36.6 Å². The molecule has 0 amide bonds. The minimum Gasteiger partial charge on any atom is -0.455 e. The number of fused-ring (bicyclic) bond motifs is 1. The van der Waals surface area contributed by atoms with E-state index in [1.54, 1.807) is 12.1 Å². The Morgan fingerprint density at radius 2 is 2.05 bits per heavy atom. The highest BCUT2D eigenvalue weighted by atomic mass is 16.5. The lowest BCUT2D eigenvalue weighted by molar-refractivity contribution is 0.00202. The van der Waals surface area contributed by atoms with Crippen molar-refractivity contribution in [2.75, 3.05) is 7.05 Å². The molecule has 21 heavy (non-hydrogen) atoms. The maximum atomic E-state index is 9.06. The van der Waals surface area contributed by atoms with E-state index in [1.807, 2.05) is 13.1 Å². The molecule has 0 spiro atoms. The first-order valence-electron chi connectivity index (χ1n) is 7.29. The summed E-state index contributed by atoms with van der Waals surface area (Å²) in [7, 11) is 1.93. The third-order valence-electron chi connectivity index (χ3n) is 4.14. The fourth-order valence-electron chi connectivity index (χ4n) is 2.89. The summed E-state index contributed by atoms with van der Waals surface area (Å²) in [6, 6.07) is 7.52. The third kappa shape index (κ3) is 2.67. The Labute approximate surface area is 124 Å². The van der Waals surface area contributed by atoms with E-state index in [9.17, 15) is 0 Å². The normalized spacial score (nSPS) is 17.3. The maximum Gasteiger partial charge on any atom is 0.226 e. The summed E-state index contributed by atoms with van der Waals surface area (Å²) in [6.45, 7) is 0. The molecule has 1 N–H and O–H groups in total. The van der Waals surface area contributed by atoms with Crippen molar-refractivity contribution in [1.82, 2.24) is 15.3 Å². The van der Waals surface area contributed by atoms with Gasteiger partial charge in [0.15, 0.2) is 5.72 Å². The number of benzene rings is 1. The molecule has 0 unspecified atom stereocenters. The van der Waals surface area contributed by atoms with E-state index in [4.69, 9.17) is 10.00 Å². The molecule has 1 saturated carbocycles. The number of nitrogens with one attached hydrogen (secondary N) is 1. The number of nitrogens with zero attached hydrogens (tertiary/aromatic N) is 3. The molecule has 1 heterocycles. The molecule has 0 radical (unpaired) electrons. The molecular weight excluding hydrogens is 264 g/mol. The number of nitriles is 1. The highest BCUT2D eigenvalue weighted by Gasteiger charge is 2.33. The highest BCUT2D eigenvalue weighted by Crippen LogP contribution is 2.32. The van der Waals surface area contributed by atoms with Gasteiger partial charge in [0.1, 0.15) is 6.33 Å². The van der Waals surface area contributed by atoms with Gasteiger partial charge in [-0.1, -0.05) is 6.42 Å². The largest absolute Gasteiger partial charge is 0.455 e. The summed E-state index contributed by atoms with van der Waals surface area (Å²) in [5.41, 5.74) is 1.02. The summed E-state index contributed by atoms with van der Waals surface area (Å²) >= 11 is 0. The minimum absolute atomic E-state index is 0.359. The van der Waals surface area contributed by atoms with Gasteiger partial charge in [0.2, 0.25) is 5.88 Å². The van der Waals surface area contributed by atoms with Crippen LogP contribution in [0.5, 0.6) is 5.88 Å². The predicted octanol–water partition coefficient (Wildman–Crippen LogP) is 2.76. The van der Waals surface area contributed by atoms with Crippen LogP contribution in [0.2, 0.25) is 0 Å². The van der Waals surface area contributed by atoms with Crippen molar-refractivity contribution in [3.05, 3.63) is 30.1 Å². The first kappa shape index (κ1) is 13.8. The van der Waals surface area contributed by atoms with Crippen LogP contribution < -0.4 is 10.1 Å². The SMILES string of the molecule is CNC1(Oc2ncnc3ccc(C#N)cc23)CCCCC1. The molecule has 1 fully saturated rings. The minimum atomic E-state index is -0.359. The van der Waals surface area contributed by atoms with Gasteiger partial charge in [-0.3, -0.25) is 5.32 Å². The summed E-state index contributed by atoms with van der Waals surface area (Å²) in [5.74, 6) is 0.549. The van der Waals surface area contributed by atoms with Crippen LogP contribution in [0.4, 0.5) is 0 Å². The van der Waals surface area contributed by atoms with Gasteiger partial charge in [-0.25, -0.2) is 9.97 Å². The Kier molecular flexibility index (Phi) is 3.72. The lowest BCUT2D eigenvalue weighted by Gasteiger charge is -2.37. The first-order valence-corrected chi connectivity index (χ1v) is 7.29. The first-order chi connectivity index (χ1) is 10.3. The van der Waals surface area contributed by atoms with Gasteiger partial charge < -0.3 is 4.74 Å². The topological polar surface area (TPSA) is 70.8 Å². The van der Waals surface area contributed by atoms with Crippen molar-refractivity contribution in [1.29, 1.82) is 5.26 Å². The van der Waals surface area contributed by atoms with Crippen LogP contribution >= 0.6 is 0 Å². The van der Waals surface area contributed by atoms with E-state index in [1.165, 1.54) is 12.7 Å². The zero-order chi connectivity index (χ0) is 14.7. The molecule has 5 heteroatoms. The molecule has 1 aliphatic rings. The highest BCUT2D eigenvalue weighted by molar-refractivity contribution is 5.84. The van der Waals surface area contributed by atoms with Gasteiger partial charge in [-0.05, 0) is 38.1 Å². The zero-order valence-electron chi connectivity index (χ0n) is 12.1. The molecule has 0 saturated heterocycles. The summed E-state index contributed by atoms with van der Waals surface area (Å²) in [5, 5.41) is 13.2. The van der Waals surface area contributed by atoms with Crippen molar-refractivity contribution in [2.24, 2.45) is 0 Å². The molecule has 0 aliphatic heterocycles. The van der Waals surface area contributed by atoms with Crippen LogP contribution in [-0.4, -0.2) is 22.7 Å². The Morgan fingerprint density at radius 3 is 2.76 bits per heavy atom. The summed E-state index contributed by atoms with van der Waals surface area (Å²) < 4.78 is 6.23. The Balaban J connectivity index is 2.01. The molecule has 2 aromatic rings. The van der Waals surface area contributed by atoms with Crippen LogP contribution in [0.15, 0.2) is 24.5 Å². The Hall–Kier alpha value is -2.19. The molecule has 3 rings (SSSR count). The second kappa shape index (κ2) is 5.66. The Morgan fingerprint density at radius 1 is 1.24 bits per heavy atom. The lowest BCUT2D eigenvalue weighted by Crippen LogP contribution is -2.50.